The molecule has 0 saturated heterocycles. The molecule has 2 saturated carbocycles. The summed E-state index contributed by atoms with van der Waals surface area (Å²) in [5.41, 5.74) is 23.8. The van der Waals surface area contributed by atoms with Crippen molar-refractivity contribution in [1.29, 1.82) is 0 Å². The molecule has 12 atom stereocenters. The Labute approximate surface area is 227 Å². The second-order valence-corrected chi connectivity index (χ2v) is 11.6. The van der Waals surface area contributed by atoms with Crippen LogP contribution >= 0.6 is 0 Å². The average Bonchev–Trinajstić information content (AvgIpc) is 2.84. The van der Waals surface area contributed by atoms with Gasteiger partial charge in [-0.25, -0.2) is 0 Å². The number of nitrogens with zero attached hydrogens (tertiary/aromatic N) is 2. The molecule has 2 fully saturated rings. The summed E-state index contributed by atoms with van der Waals surface area (Å²) in [5, 5.41) is 51.2. The van der Waals surface area contributed by atoms with Gasteiger partial charge in [-0.15, -0.1) is 0 Å². The SMILES string of the molecule is C[C@@H]1[C@@H](OCC(O)CN(C)CCCCN(C)CC(O)CO[C@H]2[C@H](O)[C@@H](O)[C@H](N)C[C@@H]2N)[C@H](O)[C@@H](N)C[C@H]1N. The third kappa shape index (κ3) is 10.1. The summed E-state index contributed by atoms with van der Waals surface area (Å²) < 4.78 is 11.4. The van der Waals surface area contributed by atoms with Gasteiger partial charge in [-0.3, -0.25) is 0 Å². The van der Waals surface area contributed by atoms with Crippen molar-refractivity contribution in [1.82, 2.24) is 9.80 Å². The number of likely N-dealkylation sites (N-methyl/N-ethyl adjacent to an activating group) is 2. The monoisotopic (exact) mass is 550 g/mol. The molecule has 0 aromatic heterocycles. The number of aliphatic hydroxyl groups is 5. The fourth-order valence-corrected chi connectivity index (χ4v) is 5.44. The summed E-state index contributed by atoms with van der Waals surface area (Å²) in [7, 11) is 3.85. The maximum atomic E-state index is 10.4. The van der Waals surface area contributed by atoms with E-state index in [1.165, 1.54) is 0 Å². The van der Waals surface area contributed by atoms with Crippen LogP contribution in [0.4, 0.5) is 0 Å². The second kappa shape index (κ2) is 16.1. The Hall–Kier alpha value is -0.520. The fraction of sp³-hybridized carbons (Fsp3) is 1.00. The van der Waals surface area contributed by atoms with Gasteiger partial charge in [0.05, 0.1) is 43.7 Å². The summed E-state index contributed by atoms with van der Waals surface area (Å²) in [4.78, 5) is 4.04. The van der Waals surface area contributed by atoms with Crippen molar-refractivity contribution in [3.63, 3.8) is 0 Å². The highest BCUT2D eigenvalue weighted by Crippen LogP contribution is 2.26. The molecule has 0 amide bonds. The minimum Gasteiger partial charge on any atom is -0.389 e. The van der Waals surface area contributed by atoms with Crippen LogP contribution in [0.3, 0.4) is 0 Å². The van der Waals surface area contributed by atoms with E-state index in [1.54, 1.807) is 0 Å². The van der Waals surface area contributed by atoms with Crippen LogP contribution in [0.15, 0.2) is 0 Å². The summed E-state index contributed by atoms with van der Waals surface area (Å²) in [5.74, 6) is -0.0416. The van der Waals surface area contributed by atoms with Crippen LogP contribution in [0.1, 0.15) is 32.6 Å². The quantitative estimate of drug-likeness (QED) is 0.0885. The predicted molar refractivity (Wildman–Crippen MR) is 144 cm³/mol. The van der Waals surface area contributed by atoms with Crippen molar-refractivity contribution in [2.75, 3.05) is 53.5 Å². The molecule has 226 valence electrons. The van der Waals surface area contributed by atoms with Crippen LogP contribution in [-0.2, 0) is 9.47 Å². The third-order valence-electron chi connectivity index (χ3n) is 7.94. The van der Waals surface area contributed by atoms with Crippen LogP contribution in [0.2, 0.25) is 0 Å². The Morgan fingerprint density at radius 1 is 0.684 bits per heavy atom. The first-order valence-electron chi connectivity index (χ1n) is 13.8. The maximum absolute atomic E-state index is 10.4. The lowest BCUT2D eigenvalue weighted by atomic mass is 9.79. The number of hydrogen-bond donors (Lipinski definition) is 9. The van der Waals surface area contributed by atoms with E-state index in [2.05, 4.69) is 0 Å². The van der Waals surface area contributed by atoms with Crippen molar-refractivity contribution in [2.24, 2.45) is 28.9 Å². The highest BCUT2D eigenvalue weighted by molar-refractivity contribution is 4.98. The number of aliphatic hydroxyl groups excluding tert-OH is 5. The molecular formula is C25H54N6O7. The van der Waals surface area contributed by atoms with Gasteiger partial charge in [0.2, 0.25) is 0 Å². The van der Waals surface area contributed by atoms with Crippen molar-refractivity contribution in [2.45, 2.75) is 99.5 Å². The van der Waals surface area contributed by atoms with Crippen LogP contribution in [-0.4, -0.2) is 156 Å². The molecule has 0 radical (unpaired) electrons. The lowest BCUT2D eigenvalue weighted by molar-refractivity contribution is -0.139. The van der Waals surface area contributed by atoms with Crippen LogP contribution in [0.5, 0.6) is 0 Å². The molecule has 0 heterocycles. The number of hydrogen-bond acceptors (Lipinski definition) is 13. The summed E-state index contributed by atoms with van der Waals surface area (Å²) in [6.45, 7) is 4.43. The van der Waals surface area contributed by atoms with E-state index >= 15 is 0 Å². The Morgan fingerprint density at radius 3 is 1.66 bits per heavy atom. The third-order valence-corrected chi connectivity index (χ3v) is 7.94. The lowest BCUT2D eigenvalue weighted by Gasteiger charge is -2.41. The molecule has 13 heteroatoms. The highest BCUT2D eigenvalue weighted by atomic mass is 16.5. The molecule has 0 aliphatic heterocycles. The predicted octanol–water partition coefficient (Wildman–Crippen LogP) is -4.04. The van der Waals surface area contributed by atoms with Crippen molar-refractivity contribution < 1.29 is 35.0 Å². The molecule has 2 aliphatic rings. The molecule has 2 rings (SSSR count). The van der Waals surface area contributed by atoms with E-state index in [9.17, 15) is 25.5 Å². The van der Waals surface area contributed by atoms with E-state index in [4.69, 9.17) is 32.4 Å². The largest absolute Gasteiger partial charge is 0.389 e. The van der Waals surface area contributed by atoms with Gasteiger partial charge in [-0.2, -0.15) is 0 Å². The van der Waals surface area contributed by atoms with E-state index < -0.39 is 60.9 Å². The molecule has 38 heavy (non-hydrogen) atoms. The van der Waals surface area contributed by atoms with E-state index in [0.717, 1.165) is 25.9 Å². The molecule has 13 nitrogen and oxygen atoms in total. The highest BCUT2D eigenvalue weighted by Gasteiger charge is 2.42. The number of unbranched alkanes of at least 4 members (excludes halogenated alkanes) is 1. The van der Waals surface area contributed by atoms with Gasteiger partial charge in [0.25, 0.3) is 0 Å². The molecule has 0 aromatic rings. The van der Waals surface area contributed by atoms with Gasteiger partial charge in [-0.1, -0.05) is 6.92 Å². The first kappa shape index (κ1) is 33.7. The number of rotatable bonds is 15. The minimum absolute atomic E-state index is 0.00103. The van der Waals surface area contributed by atoms with Gasteiger partial charge in [0, 0.05) is 43.2 Å². The fourth-order valence-electron chi connectivity index (χ4n) is 5.44. The van der Waals surface area contributed by atoms with Crippen molar-refractivity contribution in [3.05, 3.63) is 0 Å². The van der Waals surface area contributed by atoms with Crippen molar-refractivity contribution >= 4 is 0 Å². The summed E-state index contributed by atoms with van der Waals surface area (Å²) in [6.07, 6.45) is -3.09. The standard InChI is InChI=1S/C25H54N6O7/c1-14-17(26)8-19(28)22(35)24(14)37-12-15(32)10-30(2)6-4-5-7-31(3)11-16(33)13-38-25-20(29)9-18(27)21(34)23(25)36/h14-25,32-36H,4-13,26-29H2,1-3H3/t14-,15?,16?,17+,18+,19-,20-,21-,22+,23+,24+,25+/m0/s1. The Balaban J connectivity index is 1.57. The van der Waals surface area contributed by atoms with Gasteiger partial charge in [0.15, 0.2) is 0 Å². The average molecular weight is 551 g/mol. The number of nitrogens with two attached hydrogens (primary N) is 4. The van der Waals surface area contributed by atoms with Crippen molar-refractivity contribution in [3.8, 4) is 0 Å². The first-order valence-corrected chi connectivity index (χ1v) is 13.8. The minimum atomic E-state index is -1.18. The maximum Gasteiger partial charge on any atom is 0.109 e. The van der Waals surface area contributed by atoms with E-state index in [-0.39, 0.29) is 25.2 Å². The second-order valence-electron chi connectivity index (χ2n) is 11.6. The smallest absolute Gasteiger partial charge is 0.109 e. The molecule has 0 bridgehead atoms. The Morgan fingerprint density at radius 2 is 1.13 bits per heavy atom. The molecule has 2 unspecified atom stereocenters. The van der Waals surface area contributed by atoms with Crippen LogP contribution in [0, 0.1) is 5.92 Å². The lowest BCUT2D eigenvalue weighted by Crippen LogP contribution is -2.62. The number of ether oxygens (including phenoxy) is 2. The van der Waals surface area contributed by atoms with Gasteiger partial charge in [0.1, 0.15) is 12.2 Å². The molecular weight excluding hydrogens is 496 g/mol. The summed E-state index contributed by atoms with van der Waals surface area (Å²) in [6, 6.07) is -1.66. The normalized spacial score (nSPS) is 38.1. The Kier molecular flexibility index (Phi) is 14.2. The Bertz CT molecular complexity index is 656. The zero-order chi connectivity index (χ0) is 28.6. The van der Waals surface area contributed by atoms with Crippen LogP contribution in [0.25, 0.3) is 0 Å². The zero-order valence-corrected chi connectivity index (χ0v) is 23.3. The zero-order valence-electron chi connectivity index (χ0n) is 23.3. The van der Waals surface area contributed by atoms with Gasteiger partial charge < -0.3 is 67.7 Å². The molecule has 0 aromatic carbocycles. The first-order chi connectivity index (χ1) is 17.8. The topological polar surface area (TPSA) is 230 Å². The van der Waals surface area contributed by atoms with Crippen LogP contribution < -0.4 is 22.9 Å². The summed E-state index contributed by atoms with van der Waals surface area (Å²) >= 11 is 0. The molecule has 13 N–H and O–H groups in total. The van der Waals surface area contributed by atoms with E-state index in [0.29, 0.717) is 25.9 Å². The van der Waals surface area contributed by atoms with Gasteiger partial charge >= 0.3 is 0 Å². The molecule has 0 spiro atoms. The van der Waals surface area contributed by atoms with Gasteiger partial charge in [-0.05, 0) is 52.9 Å². The molecule has 2 aliphatic carbocycles. The van der Waals surface area contributed by atoms with E-state index in [1.807, 2.05) is 30.8 Å².